The van der Waals surface area contributed by atoms with E-state index < -0.39 is 6.04 Å². The number of nitrogens with one attached hydrogen (secondary N) is 1. The van der Waals surface area contributed by atoms with Crippen LogP contribution in [0.25, 0.3) is 11.1 Å². The number of hydrogen-bond donors (Lipinski definition) is 1. The molecule has 5 heteroatoms. The Morgan fingerprint density at radius 1 is 1.06 bits per heavy atom. The van der Waals surface area contributed by atoms with Crippen LogP contribution in [0, 0.1) is 23.2 Å². The van der Waals surface area contributed by atoms with Crippen LogP contribution in [-0.4, -0.2) is 35.8 Å². The Balaban J connectivity index is 1.45. The van der Waals surface area contributed by atoms with Crippen LogP contribution in [0.2, 0.25) is 0 Å². The fourth-order valence-electron chi connectivity index (χ4n) is 5.67. The van der Waals surface area contributed by atoms with Crippen molar-refractivity contribution in [1.82, 2.24) is 10.2 Å². The molecule has 36 heavy (non-hydrogen) atoms. The van der Waals surface area contributed by atoms with E-state index in [1.807, 2.05) is 73.4 Å². The molecule has 1 saturated heterocycles. The van der Waals surface area contributed by atoms with Gasteiger partial charge in [0.1, 0.15) is 11.9 Å². The second-order valence-electron chi connectivity index (χ2n) is 11.1. The van der Waals surface area contributed by atoms with Gasteiger partial charge in [0.15, 0.2) is 0 Å². The summed E-state index contributed by atoms with van der Waals surface area (Å²) in [6.07, 6.45) is 6.78. The predicted molar refractivity (Wildman–Crippen MR) is 143 cm³/mol. The summed E-state index contributed by atoms with van der Waals surface area (Å²) in [5, 5.41) is 3.02. The van der Waals surface area contributed by atoms with Crippen molar-refractivity contribution in [3.63, 3.8) is 0 Å². The summed E-state index contributed by atoms with van der Waals surface area (Å²) in [6.45, 7) is 9.58. The molecule has 1 N–H and O–H groups in total. The van der Waals surface area contributed by atoms with Gasteiger partial charge in [-0.2, -0.15) is 0 Å². The van der Waals surface area contributed by atoms with Gasteiger partial charge in [-0.1, -0.05) is 76.2 Å². The summed E-state index contributed by atoms with van der Waals surface area (Å²) in [7, 11) is 0. The standard InChI is InChI=1S/C31H37FN2O2/c1-21(2)28(33-29(35)25-12-8-11-24(19-25)22-9-6-5-7-10-22)30(36)34-18-17-27(31(3,4)20-34)23-13-15-26(32)16-14-23/h5-13,15-16,19,21,23,27-28H,14,17-18,20H2,1-4H3,(H,33,35)/t23?,27?,28-/m1/s1. The number of likely N-dealkylation sites (tertiary alicyclic amines) is 1. The Morgan fingerprint density at radius 3 is 2.42 bits per heavy atom. The molecule has 2 aromatic carbocycles. The minimum absolute atomic E-state index is 0.0331. The topological polar surface area (TPSA) is 49.4 Å². The summed E-state index contributed by atoms with van der Waals surface area (Å²) < 4.78 is 13.5. The lowest BCUT2D eigenvalue weighted by molar-refractivity contribution is -0.139. The number of piperidine rings is 1. The van der Waals surface area contributed by atoms with E-state index in [0.717, 1.165) is 17.5 Å². The molecule has 2 aliphatic rings. The minimum atomic E-state index is -0.600. The van der Waals surface area contributed by atoms with Gasteiger partial charge in [-0.25, -0.2) is 4.39 Å². The van der Waals surface area contributed by atoms with Crippen molar-refractivity contribution in [2.45, 2.75) is 46.6 Å². The average Bonchev–Trinajstić information content (AvgIpc) is 2.87. The molecule has 0 spiro atoms. The van der Waals surface area contributed by atoms with Crippen LogP contribution in [0.4, 0.5) is 4.39 Å². The maximum absolute atomic E-state index is 13.6. The van der Waals surface area contributed by atoms with E-state index in [1.165, 1.54) is 0 Å². The molecular weight excluding hydrogens is 451 g/mol. The van der Waals surface area contributed by atoms with Crippen LogP contribution in [0.15, 0.2) is 78.7 Å². The Kier molecular flexibility index (Phi) is 7.77. The highest BCUT2D eigenvalue weighted by Crippen LogP contribution is 2.43. The zero-order valence-corrected chi connectivity index (χ0v) is 21.7. The molecule has 0 bridgehead atoms. The largest absolute Gasteiger partial charge is 0.340 e. The van der Waals surface area contributed by atoms with Crippen molar-refractivity contribution < 1.29 is 14.0 Å². The lowest BCUT2D eigenvalue weighted by Gasteiger charge is -2.48. The molecule has 1 aliphatic carbocycles. The van der Waals surface area contributed by atoms with Gasteiger partial charge >= 0.3 is 0 Å². The third-order valence-electron chi connectivity index (χ3n) is 7.68. The Morgan fingerprint density at radius 2 is 1.78 bits per heavy atom. The van der Waals surface area contributed by atoms with Crippen LogP contribution in [0.1, 0.15) is 50.9 Å². The number of nitrogens with zero attached hydrogens (tertiary/aromatic N) is 1. The molecule has 4 rings (SSSR count). The first-order chi connectivity index (χ1) is 17.2. The highest BCUT2D eigenvalue weighted by Gasteiger charge is 2.42. The van der Waals surface area contributed by atoms with Crippen molar-refractivity contribution >= 4 is 11.8 Å². The summed E-state index contributed by atoms with van der Waals surface area (Å²) in [6, 6.07) is 16.8. The molecule has 190 valence electrons. The molecule has 1 heterocycles. The monoisotopic (exact) mass is 488 g/mol. The van der Waals surface area contributed by atoms with E-state index in [2.05, 4.69) is 19.2 Å². The first-order valence-electron chi connectivity index (χ1n) is 12.9. The number of benzene rings is 2. The molecule has 0 saturated carbocycles. The molecule has 2 amide bonds. The van der Waals surface area contributed by atoms with Gasteiger partial charge in [-0.15, -0.1) is 0 Å². The Hall–Kier alpha value is -3.21. The van der Waals surface area contributed by atoms with Crippen molar-refractivity contribution in [3.05, 3.63) is 84.2 Å². The van der Waals surface area contributed by atoms with Gasteiger partial charge in [0.05, 0.1) is 0 Å². The lowest BCUT2D eigenvalue weighted by Crippen LogP contribution is -2.57. The second kappa shape index (κ2) is 10.8. The second-order valence-corrected chi connectivity index (χ2v) is 11.1. The summed E-state index contributed by atoms with van der Waals surface area (Å²) in [5.41, 5.74) is 2.43. The first-order valence-corrected chi connectivity index (χ1v) is 12.9. The Labute approximate surface area is 214 Å². The first kappa shape index (κ1) is 25.9. The van der Waals surface area contributed by atoms with Gasteiger partial charge in [-0.3, -0.25) is 9.59 Å². The zero-order valence-electron chi connectivity index (χ0n) is 21.7. The maximum Gasteiger partial charge on any atom is 0.251 e. The number of allylic oxidation sites excluding steroid dienone is 4. The number of carbonyl (C=O) groups excluding carboxylic acids is 2. The van der Waals surface area contributed by atoms with Gasteiger partial charge in [0, 0.05) is 18.7 Å². The van der Waals surface area contributed by atoms with E-state index in [4.69, 9.17) is 0 Å². The van der Waals surface area contributed by atoms with Gasteiger partial charge in [0.2, 0.25) is 5.91 Å². The van der Waals surface area contributed by atoms with Crippen LogP contribution >= 0.6 is 0 Å². The van der Waals surface area contributed by atoms with Gasteiger partial charge in [0.25, 0.3) is 5.91 Å². The van der Waals surface area contributed by atoms with E-state index >= 15 is 0 Å². The highest BCUT2D eigenvalue weighted by molar-refractivity contribution is 5.98. The van der Waals surface area contributed by atoms with Crippen molar-refractivity contribution in [2.75, 3.05) is 13.1 Å². The third kappa shape index (κ3) is 5.77. The lowest BCUT2D eigenvalue weighted by atomic mass is 9.66. The molecule has 0 radical (unpaired) electrons. The Bertz CT molecular complexity index is 1150. The number of halogens is 1. The molecular formula is C31H37FN2O2. The van der Waals surface area contributed by atoms with Crippen LogP contribution in [0.5, 0.6) is 0 Å². The molecule has 1 aliphatic heterocycles. The van der Waals surface area contributed by atoms with Crippen LogP contribution < -0.4 is 5.32 Å². The highest BCUT2D eigenvalue weighted by atomic mass is 19.1. The average molecular weight is 489 g/mol. The third-order valence-corrected chi connectivity index (χ3v) is 7.68. The fourth-order valence-corrected chi connectivity index (χ4v) is 5.67. The summed E-state index contributed by atoms with van der Waals surface area (Å²) in [4.78, 5) is 28.8. The molecule has 3 atom stereocenters. The van der Waals surface area contributed by atoms with E-state index in [1.54, 1.807) is 18.2 Å². The number of amides is 2. The summed E-state index contributed by atoms with van der Waals surface area (Å²) in [5.74, 6) is 0.170. The number of rotatable bonds is 6. The van der Waals surface area contributed by atoms with Crippen molar-refractivity contribution in [1.29, 1.82) is 0 Å². The summed E-state index contributed by atoms with van der Waals surface area (Å²) >= 11 is 0. The van der Waals surface area contributed by atoms with E-state index in [-0.39, 0.29) is 34.9 Å². The normalized spacial score (nSPS) is 22.2. The molecule has 1 fully saturated rings. The minimum Gasteiger partial charge on any atom is -0.340 e. The van der Waals surface area contributed by atoms with E-state index in [9.17, 15) is 14.0 Å². The maximum atomic E-state index is 13.6. The molecule has 2 unspecified atom stereocenters. The predicted octanol–water partition coefficient (Wildman–Crippen LogP) is 6.41. The number of carbonyl (C=O) groups is 2. The molecule has 0 aromatic heterocycles. The fraction of sp³-hybridized carbons (Fsp3) is 0.419. The van der Waals surface area contributed by atoms with Crippen molar-refractivity contribution in [2.24, 2.45) is 23.2 Å². The quantitative estimate of drug-likeness (QED) is 0.511. The van der Waals surface area contributed by atoms with E-state index in [0.29, 0.717) is 31.0 Å². The van der Waals surface area contributed by atoms with Crippen molar-refractivity contribution in [3.8, 4) is 11.1 Å². The molecule has 2 aromatic rings. The van der Waals surface area contributed by atoms with Gasteiger partial charge < -0.3 is 10.2 Å². The van der Waals surface area contributed by atoms with Crippen LogP contribution in [0.3, 0.4) is 0 Å². The van der Waals surface area contributed by atoms with Crippen LogP contribution in [-0.2, 0) is 4.79 Å². The SMILES string of the molecule is CC(C)[C@@H](NC(=O)c1cccc(-c2ccccc2)c1)C(=O)N1CCC(C2C=CC(F)=CC2)C(C)(C)C1. The molecule has 4 nitrogen and oxygen atoms in total. The van der Waals surface area contributed by atoms with Gasteiger partial charge in [-0.05, 0) is 71.4 Å². The smallest absolute Gasteiger partial charge is 0.251 e. The zero-order chi connectivity index (χ0) is 25.9. The number of hydrogen-bond acceptors (Lipinski definition) is 2.